The molecule has 0 bridgehead atoms. The van der Waals surface area contributed by atoms with Gasteiger partial charge < -0.3 is 14.7 Å². The zero-order chi connectivity index (χ0) is 15.8. The number of aromatic hydroxyl groups is 1. The van der Waals surface area contributed by atoms with Crippen LogP contribution in [-0.4, -0.2) is 33.2 Å². The summed E-state index contributed by atoms with van der Waals surface area (Å²) in [6.45, 7) is 10.6. The Kier molecular flexibility index (Phi) is 4.12. The molecule has 1 amide bonds. The van der Waals surface area contributed by atoms with E-state index in [0.29, 0.717) is 25.2 Å². The predicted octanol–water partition coefficient (Wildman–Crippen LogP) is 3.20. The quantitative estimate of drug-likeness (QED) is 0.863. The highest BCUT2D eigenvalue weighted by molar-refractivity contribution is 5.68. The second-order valence-corrected chi connectivity index (χ2v) is 6.81. The molecule has 5 heteroatoms. The van der Waals surface area contributed by atoms with Crippen LogP contribution in [0.4, 0.5) is 4.79 Å². The lowest BCUT2D eigenvalue weighted by Crippen LogP contribution is -2.40. The summed E-state index contributed by atoms with van der Waals surface area (Å²) in [4.78, 5) is 18.3. The average molecular weight is 292 g/mol. The number of aromatic nitrogens is 1. The van der Waals surface area contributed by atoms with Crippen molar-refractivity contribution in [3.63, 3.8) is 0 Å². The highest BCUT2D eigenvalue weighted by Gasteiger charge is 2.27. The molecule has 0 radical (unpaired) electrons. The summed E-state index contributed by atoms with van der Waals surface area (Å²) >= 11 is 0. The van der Waals surface area contributed by atoms with Gasteiger partial charge >= 0.3 is 6.09 Å². The van der Waals surface area contributed by atoms with Gasteiger partial charge in [0.05, 0.1) is 17.9 Å². The van der Waals surface area contributed by atoms with Crippen molar-refractivity contribution in [2.45, 2.75) is 59.1 Å². The van der Waals surface area contributed by atoms with Gasteiger partial charge in [-0.3, -0.25) is 4.98 Å². The number of rotatable bonds is 1. The van der Waals surface area contributed by atoms with Gasteiger partial charge in [0, 0.05) is 6.54 Å². The number of amides is 1. The number of carbonyl (C=O) groups excluding carboxylic acids is 1. The molecule has 1 aliphatic heterocycles. The predicted molar refractivity (Wildman–Crippen MR) is 80.3 cm³/mol. The molecule has 1 aromatic heterocycles. The van der Waals surface area contributed by atoms with Gasteiger partial charge in [-0.15, -0.1) is 0 Å². The molecule has 1 aromatic rings. The molecule has 0 aromatic carbocycles. The van der Waals surface area contributed by atoms with E-state index in [2.05, 4.69) is 4.98 Å². The molecule has 5 nitrogen and oxygen atoms in total. The molecule has 1 N–H and O–H groups in total. The van der Waals surface area contributed by atoms with Crippen LogP contribution < -0.4 is 0 Å². The van der Waals surface area contributed by atoms with Gasteiger partial charge in [-0.2, -0.15) is 0 Å². The molecule has 2 heterocycles. The van der Waals surface area contributed by atoms with E-state index in [1.54, 1.807) is 11.0 Å². The maximum atomic E-state index is 12.1. The van der Waals surface area contributed by atoms with Crippen LogP contribution in [0, 0.1) is 0 Å². The van der Waals surface area contributed by atoms with Crippen LogP contribution >= 0.6 is 0 Å². The van der Waals surface area contributed by atoms with Gasteiger partial charge in [0.15, 0.2) is 0 Å². The first-order valence-corrected chi connectivity index (χ1v) is 7.37. The summed E-state index contributed by atoms with van der Waals surface area (Å²) in [6, 6.07) is 1.78. The number of nitrogens with zero attached hydrogens (tertiary/aromatic N) is 2. The van der Waals surface area contributed by atoms with Crippen LogP contribution in [0.2, 0.25) is 0 Å². The molecule has 0 spiro atoms. The number of fused-ring (bicyclic) bond motifs is 1. The largest absolute Gasteiger partial charge is 0.506 e. The fourth-order valence-electron chi connectivity index (χ4n) is 2.37. The van der Waals surface area contributed by atoms with E-state index in [1.807, 2.05) is 34.6 Å². The highest BCUT2D eigenvalue weighted by atomic mass is 16.6. The van der Waals surface area contributed by atoms with Crippen molar-refractivity contribution in [1.29, 1.82) is 0 Å². The third-order valence-corrected chi connectivity index (χ3v) is 3.39. The summed E-state index contributed by atoms with van der Waals surface area (Å²) in [6.07, 6.45) is 0.377. The number of hydrogen-bond acceptors (Lipinski definition) is 4. The van der Waals surface area contributed by atoms with Crippen LogP contribution in [0.5, 0.6) is 5.75 Å². The smallest absolute Gasteiger partial charge is 0.410 e. The number of ether oxygens (including phenoxy) is 1. The van der Waals surface area contributed by atoms with Crippen molar-refractivity contribution in [3.8, 4) is 5.75 Å². The molecule has 0 unspecified atom stereocenters. The van der Waals surface area contributed by atoms with Gasteiger partial charge in [-0.1, -0.05) is 13.8 Å². The molecule has 0 saturated carbocycles. The molecular weight excluding hydrogens is 268 g/mol. The summed E-state index contributed by atoms with van der Waals surface area (Å²) < 4.78 is 5.40. The van der Waals surface area contributed by atoms with E-state index in [9.17, 15) is 9.90 Å². The van der Waals surface area contributed by atoms with Gasteiger partial charge in [0.25, 0.3) is 0 Å². The van der Waals surface area contributed by atoms with Crippen LogP contribution in [0.15, 0.2) is 6.07 Å². The fraction of sp³-hybridized carbons (Fsp3) is 0.625. The molecule has 0 atom stereocenters. The Labute approximate surface area is 125 Å². The Balaban J connectivity index is 2.20. The van der Waals surface area contributed by atoms with E-state index in [-0.39, 0.29) is 17.8 Å². The van der Waals surface area contributed by atoms with Crippen LogP contribution in [0.3, 0.4) is 0 Å². The van der Waals surface area contributed by atoms with Crippen molar-refractivity contribution >= 4 is 6.09 Å². The van der Waals surface area contributed by atoms with E-state index in [0.717, 1.165) is 11.3 Å². The minimum atomic E-state index is -0.497. The molecule has 2 rings (SSSR count). The van der Waals surface area contributed by atoms with Gasteiger partial charge in [-0.05, 0) is 44.7 Å². The SMILES string of the molecule is CC(C)c1nc2c(cc1O)CCN(C(=O)OC(C)(C)C)C2. The van der Waals surface area contributed by atoms with Crippen molar-refractivity contribution in [3.05, 3.63) is 23.0 Å². The number of pyridine rings is 1. The Bertz CT molecular complexity index is 547. The van der Waals surface area contributed by atoms with E-state index >= 15 is 0 Å². The van der Waals surface area contributed by atoms with Crippen molar-refractivity contribution in [2.75, 3.05) is 6.54 Å². The third-order valence-electron chi connectivity index (χ3n) is 3.39. The lowest BCUT2D eigenvalue weighted by Gasteiger charge is -2.31. The van der Waals surface area contributed by atoms with Gasteiger partial charge in [0.1, 0.15) is 11.4 Å². The zero-order valence-electron chi connectivity index (χ0n) is 13.4. The van der Waals surface area contributed by atoms with Crippen molar-refractivity contribution in [1.82, 2.24) is 9.88 Å². The summed E-state index contributed by atoms with van der Waals surface area (Å²) in [5, 5.41) is 10.00. The molecule has 116 valence electrons. The monoisotopic (exact) mass is 292 g/mol. The topological polar surface area (TPSA) is 62.7 Å². The maximum absolute atomic E-state index is 12.1. The minimum Gasteiger partial charge on any atom is -0.506 e. The lowest BCUT2D eigenvalue weighted by atomic mass is 10.0. The fourth-order valence-corrected chi connectivity index (χ4v) is 2.37. The first-order chi connectivity index (χ1) is 9.67. The number of hydrogen-bond donors (Lipinski definition) is 1. The maximum Gasteiger partial charge on any atom is 0.410 e. The second kappa shape index (κ2) is 5.54. The van der Waals surface area contributed by atoms with Crippen LogP contribution in [-0.2, 0) is 17.7 Å². The molecule has 21 heavy (non-hydrogen) atoms. The van der Waals surface area contributed by atoms with E-state index in [4.69, 9.17) is 4.74 Å². The molecule has 0 aliphatic carbocycles. The van der Waals surface area contributed by atoms with Gasteiger partial charge in [-0.25, -0.2) is 4.79 Å². The lowest BCUT2D eigenvalue weighted by molar-refractivity contribution is 0.0220. The second-order valence-electron chi connectivity index (χ2n) is 6.81. The van der Waals surface area contributed by atoms with Crippen molar-refractivity contribution in [2.24, 2.45) is 0 Å². The first kappa shape index (κ1) is 15.6. The number of carbonyl (C=O) groups is 1. The summed E-state index contributed by atoms with van der Waals surface area (Å²) in [5.74, 6) is 0.390. The molecule has 0 fully saturated rings. The standard InChI is InChI=1S/C16H24N2O3/c1-10(2)14-13(19)8-11-6-7-18(9-12(11)17-14)15(20)21-16(3,4)5/h8,10,19H,6-7,9H2,1-5H3. The first-order valence-electron chi connectivity index (χ1n) is 7.37. The highest BCUT2D eigenvalue weighted by Crippen LogP contribution is 2.29. The van der Waals surface area contributed by atoms with Crippen LogP contribution in [0.1, 0.15) is 57.5 Å². The van der Waals surface area contributed by atoms with E-state index in [1.165, 1.54) is 0 Å². The Morgan fingerprint density at radius 1 is 1.43 bits per heavy atom. The Morgan fingerprint density at radius 2 is 2.10 bits per heavy atom. The molecule has 1 aliphatic rings. The van der Waals surface area contributed by atoms with Crippen LogP contribution in [0.25, 0.3) is 0 Å². The minimum absolute atomic E-state index is 0.146. The van der Waals surface area contributed by atoms with Crippen molar-refractivity contribution < 1.29 is 14.6 Å². The Hall–Kier alpha value is -1.78. The average Bonchev–Trinajstić information content (AvgIpc) is 2.35. The third kappa shape index (κ3) is 3.65. The Morgan fingerprint density at radius 3 is 2.67 bits per heavy atom. The van der Waals surface area contributed by atoms with E-state index < -0.39 is 5.60 Å². The van der Waals surface area contributed by atoms with Gasteiger partial charge in [0.2, 0.25) is 0 Å². The summed E-state index contributed by atoms with van der Waals surface area (Å²) in [5.41, 5.74) is 2.05. The molecule has 0 saturated heterocycles. The summed E-state index contributed by atoms with van der Waals surface area (Å²) in [7, 11) is 0. The molecular formula is C16H24N2O3. The zero-order valence-corrected chi connectivity index (χ0v) is 13.4. The normalized spacial score (nSPS) is 15.0.